The van der Waals surface area contributed by atoms with Gasteiger partial charge in [0.2, 0.25) is 0 Å². The smallest absolute Gasteiger partial charge is 0.305 e. The lowest BCUT2D eigenvalue weighted by molar-refractivity contribution is -0.244. The number of carboxylic acids is 1. The fourth-order valence-corrected chi connectivity index (χ4v) is 6.38. The summed E-state index contributed by atoms with van der Waals surface area (Å²) in [4.78, 5) is 27.1. The highest BCUT2D eigenvalue weighted by Crippen LogP contribution is 2.50. The van der Waals surface area contributed by atoms with Gasteiger partial charge in [-0.15, -0.1) is 0 Å². The second-order valence-electron chi connectivity index (χ2n) is 14.7. The number of aliphatic carboxylic acids is 1. The molecule has 0 aromatic heterocycles. The summed E-state index contributed by atoms with van der Waals surface area (Å²) in [6.07, 6.45) is 9.25. The summed E-state index contributed by atoms with van der Waals surface area (Å²) in [5.74, 6) is -1.15. The van der Waals surface area contributed by atoms with Gasteiger partial charge < -0.3 is 35.4 Å². The average molecular weight is 727 g/mol. The van der Waals surface area contributed by atoms with Crippen LogP contribution < -0.4 is 0 Å². The van der Waals surface area contributed by atoms with Crippen molar-refractivity contribution in [2.45, 2.75) is 154 Å². The maximum atomic E-state index is 11.8. The van der Waals surface area contributed by atoms with E-state index in [-0.39, 0.29) is 32.0 Å². The molecule has 0 aromatic carbocycles. The molecule has 52 heavy (non-hydrogen) atoms. The number of unbranched alkanes of at least 4 members (excludes halogenated alkanes) is 4. The number of esters is 1. The lowest BCUT2D eigenvalue weighted by atomic mass is 9.40. The van der Waals surface area contributed by atoms with Crippen LogP contribution in [0.15, 0.2) is 10.2 Å². The van der Waals surface area contributed by atoms with Gasteiger partial charge in [0.05, 0.1) is 17.8 Å². The van der Waals surface area contributed by atoms with Crippen molar-refractivity contribution in [1.29, 1.82) is 0 Å². The predicted molar refractivity (Wildman–Crippen MR) is 206 cm³/mol. The Kier molecular flexibility index (Phi) is 28.4. The van der Waals surface area contributed by atoms with Gasteiger partial charge in [-0.1, -0.05) is 50.8 Å². The van der Waals surface area contributed by atoms with Crippen LogP contribution in [-0.2, 0) is 14.3 Å². The van der Waals surface area contributed by atoms with Crippen molar-refractivity contribution in [3.8, 4) is 0 Å². The quantitative estimate of drug-likeness (QED) is 0.0357. The van der Waals surface area contributed by atoms with E-state index in [0.29, 0.717) is 38.8 Å². The molecule has 0 amide bonds. The van der Waals surface area contributed by atoms with Gasteiger partial charge in [-0.3, -0.25) is 9.59 Å². The van der Waals surface area contributed by atoms with Gasteiger partial charge in [-0.05, 0) is 99.9 Å². The average Bonchev–Trinajstić information content (AvgIpc) is 3.06. The zero-order valence-electron chi connectivity index (χ0n) is 32.2. The molecule has 2 saturated carbocycles. The van der Waals surface area contributed by atoms with Gasteiger partial charge in [-0.25, -0.2) is 0 Å². The molecule has 2 aliphatic rings. The maximum absolute atomic E-state index is 11.8. The first-order valence-electron chi connectivity index (χ1n) is 17.6. The van der Waals surface area contributed by atoms with Crippen molar-refractivity contribution in [1.82, 2.24) is 0 Å². The first-order chi connectivity index (χ1) is 24.1. The predicted octanol–water partition coefficient (Wildman–Crippen LogP) is 3.80. The first-order valence-corrected chi connectivity index (χ1v) is 17.6. The number of hydrogen-bond donors (Lipinski definition) is 6. The van der Waals surface area contributed by atoms with Crippen molar-refractivity contribution in [2.75, 3.05) is 26.3 Å². The minimum absolute atomic E-state index is 0.190. The van der Waals surface area contributed by atoms with E-state index in [4.69, 9.17) is 20.9 Å². The molecular formula is C32H60B5N6O9. The van der Waals surface area contributed by atoms with Gasteiger partial charge in [0.25, 0.3) is 0 Å². The fourth-order valence-electron chi connectivity index (χ4n) is 6.38. The Balaban J connectivity index is -0.000000701. The maximum Gasteiger partial charge on any atom is 0.305 e. The number of ether oxygens (including phenoxy) is 1. The molecule has 2 rings (SSSR count). The van der Waals surface area contributed by atoms with Gasteiger partial charge in [0.15, 0.2) is 0 Å². The number of carboxylic acid groups (broad SMARTS) is 1. The van der Waals surface area contributed by atoms with E-state index in [1.807, 2.05) is 27.7 Å². The van der Waals surface area contributed by atoms with Crippen LogP contribution >= 0.6 is 0 Å². The van der Waals surface area contributed by atoms with Crippen molar-refractivity contribution in [3.63, 3.8) is 0 Å². The number of hydrogen-bond acceptors (Lipinski definition) is 10. The third-order valence-corrected chi connectivity index (χ3v) is 10.0. The number of carbonyl (C=O) groups excluding carboxylic acids is 1. The SMILES string of the molecule is CC1(C)CCCC(C)(O)C1(O)CO.CC1(C)CCCC(C)(O)C1(O)COC(=O)CCCCCN=[N+]=[N-].[B][B].[B][B][B].[N-]=[N+]=NCCCCCC(=O)O. The molecule has 20 heteroatoms. The van der Waals surface area contributed by atoms with E-state index < -0.39 is 39.2 Å². The lowest BCUT2D eigenvalue weighted by Crippen LogP contribution is -2.66. The van der Waals surface area contributed by atoms with Gasteiger partial charge in [0, 0.05) is 73.8 Å². The van der Waals surface area contributed by atoms with E-state index in [1.165, 1.54) is 0 Å². The third-order valence-electron chi connectivity index (χ3n) is 10.0. The standard InChI is InChI=1S/C16H29N3O4.C10H20O3.C6H11N3O2.B3.B2/c1-14(2)9-7-10-15(3,21)16(14,22)12-23-13(20)8-5-4-6-11-18-19-17;1-8(2)5-4-6-9(3,12)10(8,13)7-11;7-9-8-5-3-1-2-4-6(10)11;1-3-2;1-2/h21-22H,4-12H2,1-3H3;11-13H,4-7H2,1-3H3;1-5H2,(H,10,11);;. The molecule has 2 fully saturated rings. The highest BCUT2D eigenvalue weighted by Gasteiger charge is 2.59. The summed E-state index contributed by atoms with van der Waals surface area (Å²) in [7, 11) is 18.0. The largest absolute Gasteiger partial charge is 0.481 e. The molecule has 0 saturated heterocycles. The molecule has 15 nitrogen and oxygen atoms in total. The van der Waals surface area contributed by atoms with Crippen LogP contribution in [0.3, 0.4) is 0 Å². The normalized spacial score (nSPS) is 26.4. The molecule has 0 bridgehead atoms. The Morgan fingerprint density at radius 1 is 0.712 bits per heavy atom. The molecule has 4 atom stereocenters. The Hall–Kier alpha value is -2.32. The summed E-state index contributed by atoms with van der Waals surface area (Å²) < 4.78 is 5.25. The molecule has 2 aliphatic carbocycles. The topological polar surface area (TPSA) is 262 Å². The van der Waals surface area contributed by atoms with E-state index in [0.717, 1.165) is 58.4 Å². The number of aliphatic hydroxyl groups is 5. The van der Waals surface area contributed by atoms with Crippen molar-refractivity contribution in [3.05, 3.63) is 20.9 Å². The van der Waals surface area contributed by atoms with Crippen molar-refractivity contribution >= 4 is 49.9 Å². The second-order valence-corrected chi connectivity index (χ2v) is 14.7. The first kappa shape index (κ1) is 54.0. The molecule has 287 valence electrons. The van der Waals surface area contributed by atoms with E-state index in [2.05, 4.69) is 51.0 Å². The number of azide groups is 2. The monoisotopic (exact) mass is 727 g/mol. The molecule has 0 spiro atoms. The molecular weight excluding hydrogens is 666 g/mol. The van der Waals surface area contributed by atoms with Crippen LogP contribution in [0.1, 0.15) is 131 Å². The number of aliphatic hydroxyl groups excluding tert-OH is 1. The van der Waals surface area contributed by atoms with E-state index in [9.17, 15) is 35.1 Å². The van der Waals surface area contributed by atoms with Crippen LogP contribution in [0.4, 0.5) is 0 Å². The summed E-state index contributed by atoms with van der Waals surface area (Å²) in [5.41, 5.74) is 9.80. The molecule has 6 N–H and O–H groups in total. The van der Waals surface area contributed by atoms with Crippen molar-refractivity contribution in [2.24, 2.45) is 21.1 Å². The zero-order chi connectivity index (χ0) is 41.1. The number of rotatable bonds is 15. The Bertz CT molecular complexity index is 1070. The minimum Gasteiger partial charge on any atom is -0.481 e. The minimum atomic E-state index is -1.45. The highest BCUT2D eigenvalue weighted by atomic mass is 16.5. The summed E-state index contributed by atoms with van der Waals surface area (Å²) in [6.45, 7) is 11.1. The van der Waals surface area contributed by atoms with Gasteiger partial charge in [-0.2, -0.15) is 0 Å². The highest BCUT2D eigenvalue weighted by molar-refractivity contribution is 7.17. The molecule has 0 aliphatic heterocycles. The Morgan fingerprint density at radius 2 is 1.10 bits per heavy atom. The fraction of sp³-hybridized carbons (Fsp3) is 0.938. The lowest BCUT2D eigenvalue weighted by Gasteiger charge is -2.54. The Morgan fingerprint density at radius 3 is 1.42 bits per heavy atom. The van der Waals surface area contributed by atoms with E-state index >= 15 is 0 Å². The van der Waals surface area contributed by atoms with Crippen LogP contribution in [0.25, 0.3) is 20.9 Å². The molecule has 9 radical (unpaired) electrons. The molecule has 4 unspecified atom stereocenters. The summed E-state index contributed by atoms with van der Waals surface area (Å²) in [6, 6.07) is 0. The number of nitrogens with zero attached hydrogens (tertiary/aromatic N) is 6. The molecule has 0 heterocycles. The third kappa shape index (κ3) is 18.6. The van der Waals surface area contributed by atoms with Crippen molar-refractivity contribution < 1.29 is 45.0 Å². The summed E-state index contributed by atoms with van der Waals surface area (Å²) >= 11 is 0. The zero-order valence-corrected chi connectivity index (χ0v) is 32.2. The number of carbonyl (C=O) groups is 2. The Labute approximate surface area is 316 Å². The van der Waals surface area contributed by atoms with Crippen LogP contribution in [0, 0.1) is 10.8 Å². The summed E-state index contributed by atoms with van der Waals surface area (Å²) in [5, 5.41) is 66.0. The van der Waals surface area contributed by atoms with Crippen LogP contribution in [0.5, 0.6) is 0 Å². The van der Waals surface area contributed by atoms with Gasteiger partial charge >= 0.3 is 11.9 Å². The second kappa shape index (κ2) is 27.3. The van der Waals surface area contributed by atoms with Crippen LogP contribution in [-0.4, -0.2) is 129 Å². The van der Waals surface area contributed by atoms with E-state index in [1.54, 1.807) is 13.8 Å². The van der Waals surface area contributed by atoms with Gasteiger partial charge in [0.1, 0.15) is 17.8 Å². The van der Waals surface area contributed by atoms with Crippen LogP contribution in [0.2, 0.25) is 0 Å². The molecule has 0 aromatic rings.